The molecule has 0 atom stereocenters. The summed E-state index contributed by atoms with van der Waals surface area (Å²) < 4.78 is 0. The number of anilines is 3. The number of hydrogen-bond donors (Lipinski definition) is 2. The molecule has 1 aliphatic heterocycles. The Kier molecular flexibility index (Phi) is 5.88. The Morgan fingerprint density at radius 2 is 1.58 bits per heavy atom. The summed E-state index contributed by atoms with van der Waals surface area (Å²) >= 11 is 0. The van der Waals surface area contributed by atoms with Crippen LogP contribution >= 0.6 is 0 Å². The first-order chi connectivity index (χ1) is 14.9. The Hall–Kier alpha value is -3.42. The first-order valence-electron chi connectivity index (χ1n) is 10.7. The fourth-order valence-electron chi connectivity index (χ4n) is 3.77. The van der Waals surface area contributed by atoms with Crippen molar-refractivity contribution in [3.8, 4) is 0 Å². The minimum absolute atomic E-state index is 0.0221. The summed E-state index contributed by atoms with van der Waals surface area (Å²) in [6.07, 6.45) is 3.90. The summed E-state index contributed by atoms with van der Waals surface area (Å²) in [6, 6.07) is 11.3. The van der Waals surface area contributed by atoms with Crippen molar-refractivity contribution in [3.05, 3.63) is 58.1 Å². The van der Waals surface area contributed by atoms with Crippen molar-refractivity contribution >= 4 is 34.6 Å². The Morgan fingerprint density at radius 3 is 2.16 bits per heavy atom. The average Bonchev–Trinajstić information content (AvgIpc) is 3.61. The minimum atomic E-state index is -0.490. The van der Waals surface area contributed by atoms with Crippen LogP contribution in [0.4, 0.5) is 22.7 Å². The number of non-ortho nitro benzene ring substituents is 1. The number of nitro benzene ring substituents is 1. The lowest BCUT2D eigenvalue weighted by atomic mass is 9.98. The molecule has 2 N–H and O–H groups in total. The van der Waals surface area contributed by atoms with E-state index in [1.54, 1.807) is 30.3 Å². The van der Waals surface area contributed by atoms with Crippen molar-refractivity contribution in [2.24, 2.45) is 11.8 Å². The molecule has 2 amide bonds. The van der Waals surface area contributed by atoms with Gasteiger partial charge in [-0.1, -0.05) is 6.92 Å². The van der Waals surface area contributed by atoms with Gasteiger partial charge in [-0.2, -0.15) is 0 Å². The summed E-state index contributed by atoms with van der Waals surface area (Å²) in [5, 5.41) is 17.0. The molecule has 2 aromatic rings. The number of benzene rings is 2. The van der Waals surface area contributed by atoms with Crippen LogP contribution in [0.2, 0.25) is 0 Å². The number of carbonyl (C=O) groups is 2. The zero-order valence-corrected chi connectivity index (χ0v) is 17.5. The van der Waals surface area contributed by atoms with Gasteiger partial charge < -0.3 is 15.5 Å². The second kappa shape index (κ2) is 8.75. The molecule has 1 heterocycles. The van der Waals surface area contributed by atoms with Gasteiger partial charge in [0.05, 0.1) is 16.2 Å². The summed E-state index contributed by atoms with van der Waals surface area (Å²) in [7, 11) is 0. The Balaban J connectivity index is 1.51. The predicted molar refractivity (Wildman–Crippen MR) is 119 cm³/mol. The summed E-state index contributed by atoms with van der Waals surface area (Å²) in [5.74, 6) is 0.371. The van der Waals surface area contributed by atoms with Crippen LogP contribution in [0.15, 0.2) is 42.5 Å². The summed E-state index contributed by atoms with van der Waals surface area (Å²) in [4.78, 5) is 37.8. The van der Waals surface area contributed by atoms with E-state index in [0.29, 0.717) is 23.0 Å². The molecule has 4 rings (SSSR count). The fraction of sp³-hybridized carbons (Fsp3) is 0.391. The van der Waals surface area contributed by atoms with Crippen LogP contribution < -0.4 is 15.5 Å². The molecule has 0 radical (unpaired) electrons. The van der Waals surface area contributed by atoms with Crippen LogP contribution in [0.3, 0.4) is 0 Å². The van der Waals surface area contributed by atoms with E-state index in [2.05, 4.69) is 22.5 Å². The predicted octanol–water partition coefficient (Wildman–Crippen LogP) is 4.43. The van der Waals surface area contributed by atoms with Crippen molar-refractivity contribution in [2.45, 2.75) is 32.6 Å². The number of hydrogen-bond acceptors (Lipinski definition) is 5. The SMILES string of the molecule is CC1CCN(c2ccc([N+](=O)[O-])cc2C(=O)Nc2ccc(NC(=O)C3CC3)cc2)CC1. The molecular formula is C23H26N4O4. The number of amides is 2. The molecule has 2 aliphatic rings. The third-order valence-electron chi connectivity index (χ3n) is 5.92. The monoisotopic (exact) mass is 422 g/mol. The van der Waals surface area contributed by atoms with E-state index < -0.39 is 10.8 Å². The average molecular weight is 422 g/mol. The van der Waals surface area contributed by atoms with E-state index in [9.17, 15) is 19.7 Å². The zero-order valence-electron chi connectivity index (χ0n) is 17.5. The van der Waals surface area contributed by atoms with Crippen molar-refractivity contribution in [1.29, 1.82) is 0 Å². The van der Waals surface area contributed by atoms with E-state index in [1.807, 2.05) is 0 Å². The van der Waals surface area contributed by atoms with Gasteiger partial charge in [0, 0.05) is 42.5 Å². The molecule has 0 spiro atoms. The van der Waals surface area contributed by atoms with Crippen molar-refractivity contribution in [2.75, 3.05) is 28.6 Å². The third-order valence-corrected chi connectivity index (χ3v) is 5.92. The van der Waals surface area contributed by atoms with Crippen LogP contribution in [0.1, 0.15) is 43.0 Å². The van der Waals surface area contributed by atoms with E-state index in [-0.39, 0.29) is 23.1 Å². The number of rotatable bonds is 6. The van der Waals surface area contributed by atoms with Gasteiger partial charge in [0.1, 0.15) is 0 Å². The highest BCUT2D eigenvalue weighted by molar-refractivity contribution is 6.08. The largest absolute Gasteiger partial charge is 0.371 e. The number of carbonyl (C=O) groups excluding carboxylic acids is 2. The molecule has 162 valence electrons. The van der Waals surface area contributed by atoms with Crippen LogP contribution in [0.5, 0.6) is 0 Å². The van der Waals surface area contributed by atoms with Gasteiger partial charge in [-0.15, -0.1) is 0 Å². The molecule has 1 aliphatic carbocycles. The normalized spacial score (nSPS) is 16.6. The van der Waals surface area contributed by atoms with Gasteiger partial charge in [0.15, 0.2) is 0 Å². The van der Waals surface area contributed by atoms with E-state index in [4.69, 9.17) is 0 Å². The zero-order chi connectivity index (χ0) is 22.0. The molecule has 0 aromatic heterocycles. The maximum Gasteiger partial charge on any atom is 0.270 e. The lowest BCUT2D eigenvalue weighted by molar-refractivity contribution is -0.384. The van der Waals surface area contributed by atoms with Crippen LogP contribution in [0, 0.1) is 22.0 Å². The highest BCUT2D eigenvalue weighted by Crippen LogP contribution is 2.31. The highest BCUT2D eigenvalue weighted by atomic mass is 16.6. The molecule has 31 heavy (non-hydrogen) atoms. The second-order valence-corrected chi connectivity index (χ2v) is 8.42. The van der Waals surface area contributed by atoms with Gasteiger partial charge in [-0.3, -0.25) is 19.7 Å². The van der Waals surface area contributed by atoms with Gasteiger partial charge in [0.2, 0.25) is 5.91 Å². The Bertz CT molecular complexity index is 993. The first-order valence-corrected chi connectivity index (χ1v) is 10.7. The molecule has 2 aromatic carbocycles. The molecule has 1 saturated heterocycles. The fourth-order valence-corrected chi connectivity index (χ4v) is 3.77. The van der Waals surface area contributed by atoms with E-state index in [1.165, 1.54) is 12.1 Å². The number of nitrogens with zero attached hydrogens (tertiary/aromatic N) is 2. The van der Waals surface area contributed by atoms with E-state index >= 15 is 0 Å². The molecule has 2 fully saturated rings. The molecule has 8 nitrogen and oxygen atoms in total. The van der Waals surface area contributed by atoms with E-state index in [0.717, 1.165) is 38.8 Å². The van der Waals surface area contributed by atoms with Crippen molar-refractivity contribution < 1.29 is 14.5 Å². The molecular weight excluding hydrogens is 396 g/mol. The minimum Gasteiger partial charge on any atom is -0.371 e. The highest BCUT2D eigenvalue weighted by Gasteiger charge is 2.29. The molecule has 0 unspecified atom stereocenters. The number of nitro groups is 1. The van der Waals surface area contributed by atoms with Gasteiger partial charge in [-0.25, -0.2) is 0 Å². The molecule has 1 saturated carbocycles. The third kappa shape index (κ3) is 5.02. The number of piperidine rings is 1. The first kappa shape index (κ1) is 20.8. The summed E-state index contributed by atoms with van der Waals surface area (Å²) in [5.41, 5.74) is 2.11. The lowest BCUT2D eigenvalue weighted by Crippen LogP contribution is -2.34. The maximum atomic E-state index is 13.0. The smallest absolute Gasteiger partial charge is 0.270 e. The molecule has 0 bridgehead atoms. The standard InChI is InChI=1S/C23H26N4O4/c1-15-10-12-26(13-11-15)21-9-8-19(27(30)31)14-20(21)23(29)25-18-6-4-17(5-7-18)24-22(28)16-2-3-16/h4-9,14-16H,2-3,10-13H2,1H3,(H,24,28)(H,25,29). The second-order valence-electron chi connectivity index (χ2n) is 8.42. The van der Waals surface area contributed by atoms with Gasteiger partial charge in [-0.05, 0) is 61.9 Å². The van der Waals surface area contributed by atoms with Crippen LogP contribution in [0.25, 0.3) is 0 Å². The van der Waals surface area contributed by atoms with Crippen molar-refractivity contribution in [1.82, 2.24) is 0 Å². The lowest BCUT2D eigenvalue weighted by Gasteiger charge is -2.33. The van der Waals surface area contributed by atoms with Crippen LogP contribution in [-0.2, 0) is 4.79 Å². The number of nitrogens with one attached hydrogen (secondary N) is 2. The molecule has 8 heteroatoms. The van der Waals surface area contributed by atoms with Crippen LogP contribution in [-0.4, -0.2) is 29.8 Å². The summed E-state index contributed by atoms with van der Waals surface area (Å²) in [6.45, 7) is 3.83. The van der Waals surface area contributed by atoms with Gasteiger partial charge >= 0.3 is 0 Å². The van der Waals surface area contributed by atoms with Gasteiger partial charge in [0.25, 0.3) is 11.6 Å². The quantitative estimate of drug-likeness (QED) is 0.529. The topological polar surface area (TPSA) is 105 Å². The van der Waals surface area contributed by atoms with Crippen molar-refractivity contribution in [3.63, 3.8) is 0 Å². The maximum absolute atomic E-state index is 13.0. The Morgan fingerprint density at radius 1 is 0.968 bits per heavy atom. The Labute approximate surface area is 180 Å².